The van der Waals surface area contributed by atoms with Crippen LogP contribution >= 0.6 is 0 Å². The molecule has 0 aromatic carbocycles. The molecule has 1 unspecified atom stereocenters. The van der Waals surface area contributed by atoms with Gasteiger partial charge < -0.3 is 9.53 Å². The Kier molecular flexibility index (Phi) is 6.85. The first-order valence-electron chi connectivity index (χ1n) is 6.26. The third-order valence-corrected chi connectivity index (χ3v) is 2.32. The summed E-state index contributed by atoms with van der Waals surface area (Å²) in [6.07, 6.45) is 3.39. The van der Waals surface area contributed by atoms with Gasteiger partial charge in [0.05, 0.1) is 6.04 Å². The molecule has 0 rings (SSSR count). The van der Waals surface area contributed by atoms with E-state index in [9.17, 15) is 9.59 Å². The average Bonchev–Trinajstić information content (AvgIpc) is 2.20. The summed E-state index contributed by atoms with van der Waals surface area (Å²) in [7, 11) is 0. The largest absolute Gasteiger partial charge is 0.444 e. The molecule has 0 N–H and O–H groups in total. The van der Waals surface area contributed by atoms with Crippen molar-refractivity contribution in [2.45, 2.75) is 65.5 Å². The SMILES string of the molecule is CCCCCN(C(=O)OC(C)(C)C)C(C)C=O. The maximum Gasteiger partial charge on any atom is 0.410 e. The summed E-state index contributed by atoms with van der Waals surface area (Å²) in [5.41, 5.74) is -0.525. The fourth-order valence-corrected chi connectivity index (χ4v) is 1.39. The van der Waals surface area contributed by atoms with Crippen molar-refractivity contribution in [3.05, 3.63) is 0 Å². The van der Waals surface area contributed by atoms with Gasteiger partial charge in [0.25, 0.3) is 0 Å². The molecule has 0 aliphatic carbocycles. The zero-order chi connectivity index (χ0) is 13.5. The number of aldehydes is 1. The Morgan fingerprint density at radius 3 is 2.35 bits per heavy atom. The normalized spacial score (nSPS) is 13.0. The predicted octanol–water partition coefficient (Wildman–Crippen LogP) is 3.00. The Morgan fingerprint density at radius 1 is 1.35 bits per heavy atom. The van der Waals surface area contributed by atoms with E-state index in [0.29, 0.717) is 6.54 Å². The lowest BCUT2D eigenvalue weighted by Crippen LogP contribution is -2.43. The molecule has 0 saturated carbocycles. The third kappa shape index (κ3) is 6.97. The Balaban J connectivity index is 4.45. The molecule has 100 valence electrons. The van der Waals surface area contributed by atoms with E-state index >= 15 is 0 Å². The molecule has 0 aliphatic heterocycles. The van der Waals surface area contributed by atoms with Crippen molar-refractivity contribution in [3.8, 4) is 0 Å². The molecule has 0 aromatic heterocycles. The standard InChI is InChI=1S/C13H25NO3/c1-6-7-8-9-14(11(2)10-15)12(16)17-13(3,4)5/h10-11H,6-9H2,1-5H3. The molecule has 4 heteroatoms. The number of carbonyl (C=O) groups excluding carboxylic acids is 2. The first-order chi connectivity index (χ1) is 7.81. The van der Waals surface area contributed by atoms with Gasteiger partial charge in [-0.2, -0.15) is 0 Å². The van der Waals surface area contributed by atoms with Crippen LogP contribution in [0.3, 0.4) is 0 Å². The number of unbranched alkanes of at least 4 members (excludes halogenated alkanes) is 2. The lowest BCUT2D eigenvalue weighted by atomic mass is 10.2. The molecule has 1 amide bonds. The second-order valence-electron chi connectivity index (χ2n) is 5.26. The molecule has 0 spiro atoms. The number of amides is 1. The first-order valence-corrected chi connectivity index (χ1v) is 6.26. The van der Waals surface area contributed by atoms with E-state index in [1.807, 2.05) is 20.8 Å². The molecule has 0 bridgehead atoms. The minimum atomic E-state index is -0.525. The van der Waals surface area contributed by atoms with Gasteiger partial charge in [-0.25, -0.2) is 4.79 Å². The highest BCUT2D eigenvalue weighted by atomic mass is 16.6. The molecule has 4 nitrogen and oxygen atoms in total. The van der Waals surface area contributed by atoms with Gasteiger partial charge in [-0.15, -0.1) is 0 Å². The summed E-state index contributed by atoms with van der Waals surface area (Å²) in [6.45, 7) is 9.84. The van der Waals surface area contributed by atoms with Crippen molar-refractivity contribution in [3.63, 3.8) is 0 Å². The van der Waals surface area contributed by atoms with Crippen LogP contribution in [0.25, 0.3) is 0 Å². The minimum absolute atomic E-state index is 0.409. The van der Waals surface area contributed by atoms with Gasteiger partial charge in [-0.3, -0.25) is 4.90 Å². The van der Waals surface area contributed by atoms with Crippen molar-refractivity contribution >= 4 is 12.4 Å². The van der Waals surface area contributed by atoms with Crippen molar-refractivity contribution in [2.75, 3.05) is 6.54 Å². The summed E-state index contributed by atoms with van der Waals surface area (Å²) in [5, 5.41) is 0. The Labute approximate surface area is 104 Å². The lowest BCUT2D eigenvalue weighted by Gasteiger charge is -2.29. The monoisotopic (exact) mass is 243 g/mol. The van der Waals surface area contributed by atoms with Crippen molar-refractivity contribution in [2.24, 2.45) is 0 Å². The quantitative estimate of drug-likeness (QED) is 0.532. The number of nitrogens with zero attached hydrogens (tertiary/aromatic N) is 1. The van der Waals surface area contributed by atoms with Crippen molar-refractivity contribution in [1.82, 2.24) is 4.90 Å². The number of ether oxygens (including phenoxy) is 1. The van der Waals surface area contributed by atoms with Gasteiger partial charge >= 0.3 is 6.09 Å². The fraction of sp³-hybridized carbons (Fsp3) is 0.846. The van der Waals surface area contributed by atoms with Gasteiger partial charge in [0.2, 0.25) is 0 Å². The van der Waals surface area contributed by atoms with E-state index in [2.05, 4.69) is 6.92 Å². The molecule has 0 aliphatic rings. The average molecular weight is 243 g/mol. The molecule has 0 radical (unpaired) electrons. The number of carbonyl (C=O) groups is 2. The van der Waals surface area contributed by atoms with E-state index in [-0.39, 0.29) is 0 Å². The molecule has 17 heavy (non-hydrogen) atoms. The van der Waals surface area contributed by atoms with Crippen molar-refractivity contribution in [1.29, 1.82) is 0 Å². The van der Waals surface area contributed by atoms with Gasteiger partial charge in [0, 0.05) is 6.54 Å². The smallest absolute Gasteiger partial charge is 0.410 e. The molecule has 0 fully saturated rings. The molecular formula is C13H25NO3. The van der Waals surface area contributed by atoms with Crippen LogP contribution in [0.2, 0.25) is 0 Å². The van der Waals surface area contributed by atoms with E-state index in [1.54, 1.807) is 6.92 Å². The van der Waals surface area contributed by atoms with E-state index in [1.165, 1.54) is 4.90 Å². The van der Waals surface area contributed by atoms with Gasteiger partial charge in [-0.05, 0) is 34.1 Å². The maximum absolute atomic E-state index is 11.9. The molecular weight excluding hydrogens is 218 g/mol. The highest BCUT2D eigenvalue weighted by Crippen LogP contribution is 2.12. The molecule has 0 saturated heterocycles. The zero-order valence-corrected chi connectivity index (χ0v) is 11.7. The second kappa shape index (κ2) is 7.30. The van der Waals surface area contributed by atoms with Crippen LogP contribution in [0.5, 0.6) is 0 Å². The van der Waals surface area contributed by atoms with Crippen LogP contribution in [-0.4, -0.2) is 35.5 Å². The van der Waals surface area contributed by atoms with E-state index < -0.39 is 17.7 Å². The predicted molar refractivity (Wildman–Crippen MR) is 68.0 cm³/mol. The van der Waals surface area contributed by atoms with E-state index in [0.717, 1.165) is 25.5 Å². The first kappa shape index (κ1) is 15.9. The Hall–Kier alpha value is -1.06. The number of hydrogen-bond acceptors (Lipinski definition) is 3. The van der Waals surface area contributed by atoms with Gasteiger partial charge in [0.15, 0.2) is 0 Å². The lowest BCUT2D eigenvalue weighted by molar-refractivity contribution is -0.112. The van der Waals surface area contributed by atoms with Crippen LogP contribution < -0.4 is 0 Å². The summed E-state index contributed by atoms with van der Waals surface area (Å²) >= 11 is 0. The summed E-state index contributed by atoms with van der Waals surface area (Å²) in [6, 6.07) is -0.429. The molecule has 0 aromatic rings. The summed E-state index contributed by atoms with van der Waals surface area (Å²) in [5.74, 6) is 0. The van der Waals surface area contributed by atoms with Crippen molar-refractivity contribution < 1.29 is 14.3 Å². The van der Waals surface area contributed by atoms with Crippen LogP contribution in [0.15, 0.2) is 0 Å². The fourth-order valence-electron chi connectivity index (χ4n) is 1.39. The van der Waals surface area contributed by atoms with Crippen LogP contribution in [0.1, 0.15) is 53.9 Å². The highest BCUT2D eigenvalue weighted by molar-refractivity contribution is 5.73. The third-order valence-electron chi connectivity index (χ3n) is 2.32. The molecule has 0 heterocycles. The molecule has 1 atom stereocenters. The Morgan fingerprint density at radius 2 is 1.94 bits per heavy atom. The second-order valence-corrected chi connectivity index (χ2v) is 5.26. The zero-order valence-electron chi connectivity index (χ0n) is 11.7. The summed E-state index contributed by atoms with van der Waals surface area (Å²) in [4.78, 5) is 24.2. The topological polar surface area (TPSA) is 46.6 Å². The van der Waals surface area contributed by atoms with Crippen LogP contribution in [0.4, 0.5) is 4.79 Å². The number of hydrogen-bond donors (Lipinski definition) is 0. The number of rotatable bonds is 6. The van der Waals surface area contributed by atoms with Crippen LogP contribution in [-0.2, 0) is 9.53 Å². The maximum atomic E-state index is 11.9. The Bertz CT molecular complexity index is 246. The minimum Gasteiger partial charge on any atom is -0.444 e. The van der Waals surface area contributed by atoms with E-state index in [4.69, 9.17) is 4.74 Å². The van der Waals surface area contributed by atoms with Gasteiger partial charge in [-0.1, -0.05) is 19.8 Å². The van der Waals surface area contributed by atoms with Crippen LogP contribution in [0, 0.1) is 0 Å². The van der Waals surface area contributed by atoms with Gasteiger partial charge in [0.1, 0.15) is 11.9 Å². The summed E-state index contributed by atoms with van der Waals surface area (Å²) < 4.78 is 5.28. The highest BCUT2D eigenvalue weighted by Gasteiger charge is 2.25.